The zero-order chi connectivity index (χ0) is 13.4. The molecule has 0 saturated carbocycles. The van der Waals surface area contributed by atoms with Gasteiger partial charge in [-0.25, -0.2) is 9.97 Å². The predicted octanol–water partition coefficient (Wildman–Crippen LogP) is 0.724. The van der Waals surface area contributed by atoms with Crippen LogP contribution in [0, 0.1) is 0 Å². The number of nitrogens with one attached hydrogen (secondary N) is 1. The lowest BCUT2D eigenvalue weighted by Crippen LogP contribution is -2.63. The fourth-order valence-corrected chi connectivity index (χ4v) is 3.01. The lowest BCUT2D eigenvalue weighted by molar-refractivity contribution is 0.146. The molecule has 3 heterocycles. The molecule has 1 aromatic heterocycles. The van der Waals surface area contributed by atoms with Gasteiger partial charge in [-0.3, -0.25) is 4.90 Å². The van der Waals surface area contributed by atoms with E-state index in [4.69, 9.17) is 0 Å². The van der Waals surface area contributed by atoms with E-state index in [2.05, 4.69) is 31.2 Å². The maximum Gasteiger partial charge on any atom is 0.225 e. The summed E-state index contributed by atoms with van der Waals surface area (Å²) in [6, 6.07) is 8.83. The van der Waals surface area contributed by atoms with Crippen LogP contribution in [0.15, 0.2) is 30.5 Å². The van der Waals surface area contributed by atoms with Crippen LogP contribution in [-0.4, -0.2) is 60.2 Å². The van der Waals surface area contributed by atoms with Gasteiger partial charge in [-0.1, -0.05) is 18.2 Å². The first-order valence-corrected chi connectivity index (χ1v) is 7.32. The summed E-state index contributed by atoms with van der Waals surface area (Å²) in [4.78, 5) is 14.0. The molecule has 2 aliphatic rings. The number of fused-ring (bicyclic) bond motifs is 1. The van der Waals surface area contributed by atoms with Gasteiger partial charge in [-0.05, 0) is 6.07 Å². The molecule has 104 valence electrons. The third kappa shape index (κ3) is 2.13. The number of hydrogen-bond donors (Lipinski definition) is 1. The highest BCUT2D eigenvalue weighted by Gasteiger charge is 2.33. The van der Waals surface area contributed by atoms with Crippen molar-refractivity contribution in [2.75, 3.05) is 44.2 Å². The van der Waals surface area contributed by atoms with Crippen LogP contribution < -0.4 is 10.2 Å². The quantitative estimate of drug-likeness (QED) is 0.870. The Morgan fingerprint density at radius 1 is 1.10 bits per heavy atom. The van der Waals surface area contributed by atoms with Crippen molar-refractivity contribution in [1.29, 1.82) is 0 Å². The van der Waals surface area contributed by atoms with E-state index >= 15 is 0 Å². The lowest BCUT2D eigenvalue weighted by Gasteiger charge is -2.46. The number of hydrogen-bond acceptors (Lipinski definition) is 5. The van der Waals surface area contributed by atoms with Gasteiger partial charge < -0.3 is 10.2 Å². The number of benzene rings is 1. The van der Waals surface area contributed by atoms with Crippen molar-refractivity contribution < 1.29 is 0 Å². The molecule has 5 heteroatoms. The van der Waals surface area contributed by atoms with Crippen molar-refractivity contribution in [2.24, 2.45) is 0 Å². The SMILES string of the molecule is c1ccc2nc(N3CC(N4CCNCC4)C3)ncc2c1. The van der Waals surface area contributed by atoms with Gasteiger partial charge in [0.1, 0.15) is 0 Å². The minimum Gasteiger partial charge on any atom is -0.338 e. The highest BCUT2D eigenvalue weighted by atomic mass is 15.4. The van der Waals surface area contributed by atoms with Crippen LogP contribution in [0.2, 0.25) is 0 Å². The minimum absolute atomic E-state index is 0.673. The molecular formula is C15H19N5. The number of aromatic nitrogens is 2. The Morgan fingerprint density at radius 3 is 2.75 bits per heavy atom. The van der Waals surface area contributed by atoms with Crippen molar-refractivity contribution in [2.45, 2.75) is 6.04 Å². The molecule has 0 spiro atoms. The predicted molar refractivity (Wildman–Crippen MR) is 80.0 cm³/mol. The van der Waals surface area contributed by atoms with E-state index in [9.17, 15) is 0 Å². The van der Waals surface area contributed by atoms with Crippen molar-refractivity contribution >= 4 is 16.9 Å². The Hall–Kier alpha value is -1.72. The highest BCUT2D eigenvalue weighted by Crippen LogP contribution is 2.22. The summed E-state index contributed by atoms with van der Waals surface area (Å²) in [6.45, 7) is 6.66. The lowest BCUT2D eigenvalue weighted by atomic mass is 10.1. The number of piperazine rings is 1. The molecule has 1 N–H and O–H groups in total. The van der Waals surface area contributed by atoms with Crippen molar-refractivity contribution in [3.05, 3.63) is 30.5 Å². The molecule has 1 aromatic carbocycles. The number of anilines is 1. The molecule has 20 heavy (non-hydrogen) atoms. The molecule has 0 bridgehead atoms. The van der Waals surface area contributed by atoms with E-state index in [0.717, 1.165) is 56.1 Å². The third-order valence-electron chi connectivity index (χ3n) is 4.29. The minimum atomic E-state index is 0.673. The number of nitrogens with zero attached hydrogens (tertiary/aromatic N) is 4. The second-order valence-corrected chi connectivity index (χ2v) is 5.57. The van der Waals surface area contributed by atoms with E-state index in [0.29, 0.717) is 6.04 Å². The van der Waals surface area contributed by atoms with Crippen molar-refractivity contribution in [3.63, 3.8) is 0 Å². The summed E-state index contributed by atoms with van der Waals surface area (Å²) in [7, 11) is 0. The number of rotatable bonds is 2. The van der Waals surface area contributed by atoms with Gasteiger partial charge in [-0.2, -0.15) is 0 Å². The molecule has 2 fully saturated rings. The summed E-state index contributed by atoms with van der Waals surface area (Å²) in [5, 5.41) is 4.51. The Bertz CT molecular complexity index is 602. The van der Waals surface area contributed by atoms with Crippen molar-refractivity contribution in [1.82, 2.24) is 20.2 Å². The fourth-order valence-electron chi connectivity index (χ4n) is 3.01. The number of para-hydroxylation sites is 1. The Kier molecular flexibility index (Phi) is 3.01. The maximum absolute atomic E-state index is 4.66. The topological polar surface area (TPSA) is 44.3 Å². The van der Waals surface area contributed by atoms with Crippen LogP contribution in [0.3, 0.4) is 0 Å². The average molecular weight is 269 g/mol. The highest BCUT2D eigenvalue weighted by molar-refractivity contribution is 5.78. The van der Waals surface area contributed by atoms with Gasteiger partial charge in [0.15, 0.2) is 0 Å². The Balaban J connectivity index is 1.46. The van der Waals surface area contributed by atoms with Gasteiger partial charge in [0.2, 0.25) is 5.95 Å². The van der Waals surface area contributed by atoms with E-state index in [1.165, 1.54) is 0 Å². The van der Waals surface area contributed by atoms with E-state index < -0.39 is 0 Å². The van der Waals surface area contributed by atoms with Crippen LogP contribution in [0.1, 0.15) is 0 Å². The molecule has 0 amide bonds. The molecule has 0 atom stereocenters. The van der Waals surface area contributed by atoms with Crippen LogP contribution in [0.25, 0.3) is 10.9 Å². The second kappa shape index (κ2) is 5.00. The van der Waals surface area contributed by atoms with Gasteiger partial charge >= 0.3 is 0 Å². The summed E-state index contributed by atoms with van der Waals surface area (Å²) in [5.74, 6) is 0.870. The van der Waals surface area contributed by atoms with Crippen molar-refractivity contribution in [3.8, 4) is 0 Å². The molecule has 0 aliphatic carbocycles. The third-order valence-corrected chi connectivity index (χ3v) is 4.29. The molecule has 0 unspecified atom stereocenters. The molecule has 2 saturated heterocycles. The fraction of sp³-hybridized carbons (Fsp3) is 0.467. The van der Waals surface area contributed by atoms with E-state index in [1.54, 1.807) is 0 Å². The zero-order valence-electron chi connectivity index (χ0n) is 11.5. The van der Waals surface area contributed by atoms with Crippen LogP contribution in [-0.2, 0) is 0 Å². The average Bonchev–Trinajstić information content (AvgIpc) is 2.47. The standard InChI is InChI=1S/C15H19N5/c1-2-4-14-12(3-1)9-17-15(18-14)20-10-13(11-20)19-7-5-16-6-8-19/h1-4,9,13,16H,5-8,10-11H2. The smallest absolute Gasteiger partial charge is 0.225 e. The van der Waals surface area contributed by atoms with E-state index in [-0.39, 0.29) is 0 Å². The van der Waals surface area contributed by atoms with Crippen LogP contribution >= 0.6 is 0 Å². The first-order chi connectivity index (χ1) is 9.90. The first-order valence-electron chi connectivity index (χ1n) is 7.32. The largest absolute Gasteiger partial charge is 0.338 e. The first kappa shape index (κ1) is 12.1. The summed E-state index contributed by atoms with van der Waals surface area (Å²) in [6.07, 6.45) is 1.93. The molecule has 4 rings (SSSR count). The summed E-state index contributed by atoms with van der Waals surface area (Å²) >= 11 is 0. The van der Waals surface area contributed by atoms with Crippen LogP contribution in [0.5, 0.6) is 0 Å². The molecule has 2 aliphatic heterocycles. The molecule has 5 nitrogen and oxygen atoms in total. The Labute approximate surface area is 118 Å². The summed E-state index contributed by atoms with van der Waals surface area (Å²) in [5.41, 5.74) is 1.03. The van der Waals surface area contributed by atoms with Crippen LogP contribution in [0.4, 0.5) is 5.95 Å². The monoisotopic (exact) mass is 269 g/mol. The summed E-state index contributed by atoms with van der Waals surface area (Å²) < 4.78 is 0. The van der Waals surface area contributed by atoms with Gasteiger partial charge in [-0.15, -0.1) is 0 Å². The molecule has 2 aromatic rings. The van der Waals surface area contributed by atoms with Gasteiger partial charge in [0, 0.05) is 56.9 Å². The molecular weight excluding hydrogens is 250 g/mol. The zero-order valence-corrected chi connectivity index (χ0v) is 11.5. The second-order valence-electron chi connectivity index (χ2n) is 5.57. The maximum atomic E-state index is 4.66. The normalized spacial score (nSPS) is 21.1. The molecule has 0 radical (unpaired) electrons. The van der Waals surface area contributed by atoms with Gasteiger partial charge in [0.05, 0.1) is 5.52 Å². The van der Waals surface area contributed by atoms with E-state index in [1.807, 2.05) is 24.4 Å². The van der Waals surface area contributed by atoms with Gasteiger partial charge in [0.25, 0.3) is 0 Å². The Morgan fingerprint density at radius 2 is 1.90 bits per heavy atom.